The summed E-state index contributed by atoms with van der Waals surface area (Å²) in [5.74, 6) is 0. The van der Waals surface area contributed by atoms with E-state index in [2.05, 4.69) is 186 Å². The highest BCUT2D eigenvalue weighted by atomic mass is 15.1. The summed E-state index contributed by atoms with van der Waals surface area (Å²) in [6.07, 6.45) is 0. The van der Waals surface area contributed by atoms with Crippen LogP contribution in [0, 0.1) is 0 Å². The van der Waals surface area contributed by atoms with Gasteiger partial charge in [0.05, 0.1) is 5.69 Å². The van der Waals surface area contributed by atoms with Crippen molar-refractivity contribution in [1.82, 2.24) is 0 Å². The molecule has 10 rings (SSSR count). The van der Waals surface area contributed by atoms with Crippen LogP contribution >= 0.6 is 0 Å². The van der Waals surface area contributed by atoms with E-state index in [4.69, 9.17) is 0 Å². The molecular formula is C46H30N2. The maximum Gasteiger partial charge on any atom is 0.0540 e. The van der Waals surface area contributed by atoms with E-state index in [-0.39, 0.29) is 0 Å². The van der Waals surface area contributed by atoms with Gasteiger partial charge in [-0.05, 0) is 91.5 Å². The molecule has 0 fully saturated rings. The molecule has 1 aliphatic heterocycles. The molecule has 48 heavy (non-hydrogen) atoms. The standard InChI is InChI=1S/C46H30N2/c1-2-12-34-29-36(25-19-30(34)9-1)48(44-18-7-13-31-10-3-5-14-38(31)44)35-23-20-33(21-24-35)37-26-27-41-45-39-15-6-4-11-32(39)22-28-43(45)47-42-17-8-16-40(37)46(41)42/h1-29,47H. The molecule has 224 valence electrons. The van der Waals surface area contributed by atoms with Crippen molar-refractivity contribution >= 4 is 71.5 Å². The van der Waals surface area contributed by atoms with Crippen LogP contribution < -0.4 is 10.2 Å². The van der Waals surface area contributed by atoms with Crippen LogP contribution in [-0.4, -0.2) is 0 Å². The van der Waals surface area contributed by atoms with Crippen LogP contribution in [0.1, 0.15) is 0 Å². The van der Waals surface area contributed by atoms with E-state index in [9.17, 15) is 0 Å². The van der Waals surface area contributed by atoms with Crippen LogP contribution in [0.5, 0.6) is 0 Å². The highest BCUT2D eigenvalue weighted by Gasteiger charge is 2.22. The molecule has 0 aliphatic carbocycles. The van der Waals surface area contributed by atoms with Crippen molar-refractivity contribution in [2.75, 3.05) is 10.2 Å². The number of hydrogen-bond donors (Lipinski definition) is 1. The second-order valence-corrected chi connectivity index (χ2v) is 12.6. The van der Waals surface area contributed by atoms with Crippen LogP contribution in [-0.2, 0) is 0 Å². The average molecular weight is 611 g/mol. The van der Waals surface area contributed by atoms with Gasteiger partial charge in [0.1, 0.15) is 0 Å². The number of anilines is 5. The maximum absolute atomic E-state index is 3.76. The van der Waals surface area contributed by atoms with Gasteiger partial charge in [-0.3, -0.25) is 0 Å². The summed E-state index contributed by atoms with van der Waals surface area (Å²) in [6, 6.07) is 64.0. The van der Waals surface area contributed by atoms with Crippen LogP contribution in [0.15, 0.2) is 176 Å². The van der Waals surface area contributed by atoms with Gasteiger partial charge in [-0.1, -0.05) is 133 Å². The molecule has 0 saturated carbocycles. The number of benzene rings is 9. The number of fused-ring (bicyclic) bond motifs is 6. The van der Waals surface area contributed by atoms with E-state index in [0.717, 1.165) is 28.4 Å². The predicted molar refractivity (Wildman–Crippen MR) is 205 cm³/mol. The molecule has 9 aromatic carbocycles. The first-order chi connectivity index (χ1) is 23.8. The van der Waals surface area contributed by atoms with Crippen LogP contribution in [0.2, 0.25) is 0 Å². The van der Waals surface area contributed by atoms with Gasteiger partial charge in [0, 0.05) is 39.1 Å². The molecule has 2 heteroatoms. The highest BCUT2D eigenvalue weighted by molar-refractivity contribution is 6.20. The fraction of sp³-hybridized carbons (Fsp3) is 0. The molecule has 0 unspecified atom stereocenters. The van der Waals surface area contributed by atoms with Gasteiger partial charge >= 0.3 is 0 Å². The van der Waals surface area contributed by atoms with Gasteiger partial charge in [0.15, 0.2) is 0 Å². The Morgan fingerprint density at radius 2 is 1.00 bits per heavy atom. The Morgan fingerprint density at radius 1 is 0.375 bits per heavy atom. The van der Waals surface area contributed by atoms with Gasteiger partial charge in [-0.2, -0.15) is 0 Å². The molecule has 0 radical (unpaired) electrons. The molecule has 1 heterocycles. The lowest BCUT2D eigenvalue weighted by molar-refractivity contribution is 1.30. The summed E-state index contributed by atoms with van der Waals surface area (Å²) in [7, 11) is 0. The first-order valence-corrected chi connectivity index (χ1v) is 16.5. The minimum Gasteiger partial charge on any atom is -0.354 e. The summed E-state index contributed by atoms with van der Waals surface area (Å²) in [5, 5.41) is 13.7. The van der Waals surface area contributed by atoms with E-state index in [1.54, 1.807) is 0 Å². The number of nitrogens with zero attached hydrogens (tertiary/aromatic N) is 1. The summed E-state index contributed by atoms with van der Waals surface area (Å²) < 4.78 is 0. The summed E-state index contributed by atoms with van der Waals surface area (Å²) in [5.41, 5.74) is 10.7. The Morgan fingerprint density at radius 3 is 1.85 bits per heavy atom. The van der Waals surface area contributed by atoms with Crippen molar-refractivity contribution in [3.63, 3.8) is 0 Å². The molecule has 2 nitrogen and oxygen atoms in total. The zero-order valence-electron chi connectivity index (χ0n) is 26.2. The van der Waals surface area contributed by atoms with Crippen LogP contribution in [0.4, 0.5) is 28.4 Å². The SMILES string of the molecule is c1ccc2cc(N(c3ccc(-c4ccc5c6c(cccc46)Nc4ccc6ccccc6c4-5)cc3)c3cccc4ccccc34)ccc2c1. The molecule has 9 aromatic rings. The molecule has 0 amide bonds. The number of nitrogens with one attached hydrogen (secondary N) is 1. The Bertz CT molecular complexity index is 2700. The van der Waals surface area contributed by atoms with E-state index in [1.807, 2.05) is 0 Å². The third-order valence-corrected chi connectivity index (χ3v) is 9.94. The van der Waals surface area contributed by atoms with Crippen molar-refractivity contribution in [2.24, 2.45) is 0 Å². The number of hydrogen-bond acceptors (Lipinski definition) is 2. The fourth-order valence-electron chi connectivity index (χ4n) is 7.72. The molecule has 0 spiro atoms. The molecular weight excluding hydrogens is 581 g/mol. The summed E-state index contributed by atoms with van der Waals surface area (Å²) >= 11 is 0. The number of rotatable bonds is 4. The second kappa shape index (κ2) is 10.6. The quantitative estimate of drug-likeness (QED) is 0.213. The highest BCUT2D eigenvalue weighted by Crippen LogP contribution is 2.49. The van der Waals surface area contributed by atoms with Gasteiger partial charge in [-0.15, -0.1) is 0 Å². The first kappa shape index (κ1) is 26.8. The summed E-state index contributed by atoms with van der Waals surface area (Å²) in [4.78, 5) is 2.39. The lowest BCUT2D eigenvalue weighted by atomic mass is 9.86. The predicted octanol–water partition coefficient (Wildman–Crippen LogP) is 13.2. The van der Waals surface area contributed by atoms with Crippen molar-refractivity contribution in [3.8, 4) is 22.3 Å². The monoisotopic (exact) mass is 610 g/mol. The van der Waals surface area contributed by atoms with Gasteiger partial charge in [-0.25, -0.2) is 0 Å². The Labute approximate surface area is 279 Å². The van der Waals surface area contributed by atoms with Crippen molar-refractivity contribution in [1.29, 1.82) is 0 Å². The normalized spacial score (nSPS) is 11.9. The van der Waals surface area contributed by atoms with Crippen molar-refractivity contribution in [3.05, 3.63) is 176 Å². The third kappa shape index (κ3) is 4.13. The largest absolute Gasteiger partial charge is 0.354 e. The zero-order valence-corrected chi connectivity index (χ0v) is 26.2. The van der Waals surface area contributed by atoms with E-state index in [1.165, 1.54) is 65.3 Å². The van der Waals surface area contributed by atoms with Crippen molar-refractivity contribution in [2.45, 2.75) is 0 Å². The van der Waals surface area contributed by atoms with Crippen LogP contribution in [0.3, 0.4) is 0 Å². The molecule has 0 bridgehead atoms. The lowest BCUT2D eigenvalue weighted by Crippen LogP contribution is -2.10. The fourth-order valence-corrected chi connectivity index (χ4v) is 7.72. The first-order valence-electron chi connectivity index (χ1n) is 16.5. The molecule has 1 N–H and O–H groups in total. The van der Waals surface area contributed by atoms with Crippen LogP contribution in [0.25, 0.3) is 65.3 Å². The Balaban J connectivity index is 1.13. The topological polar surface area (TPSA) is 15.3 Å². The molecule has 0 aromatic heterocycles. The van der Waals surface area contributed by atoms with Gasteiger partial charge < -0.3 is 10.2 Å². The second-order valence-electron chi connectivity index (χ2n) is 12.6. The van der Waals surface area contributed by atoms with Crippen molar-refractivity contribution < 1.29 is 0 Å². The minimum absolute atomic E-state index is 1.12. The Kier molecular flexibility index (Phi) is 5.91. The van der Waals surface area contributed by atoms with E-state index in [0.29, 0.717) is 0 Å². The molecule has 0 saturated heterocycles. The maximum atomic E-state index is 3.76. The Hall–Kier alpha value is -6.38. The summed E-state index contributed by atoms with van der Waals surface area (Å²) in [6.45, 7) is 0. The minimum atomic E-state index is 1.12. The third-order valence-electron chi connectivity index (χ3n) is 9.94. The zero-order chi connectivity index (χ0) is 31.6. The average Bonchev–Trinajstić information content (AvgIpc) is 3.15. The van der Waals surface area contributed by atoms with E-state index < -0.39 is 0 Å². The van der Waals surface area contributed by atoms with E-state index >= 15 is 0 Å². The molecule has 0 atom stereocenters. The van der Waals surface area contributed by atoms with Gasteiger partial charge in [0.2, 0.25) is 0 Å². The molecule has 1 aliphatic rings. The lowest BCUT2D eigenvalue weighted by Gasteiger charge is -2.27. The van der Waals surface area contributed by atoms with Gasteiger partial charge in [0.25, 0.3) is 0 Å². The smallest absolute Gasteiger partial charge is 0.0540 e.